The summed E-state index contributed by atoms with van der Waals surface area (Å²) < 4.78 is 0. The van der Waals surface area contributed by atoms with Gasteiger partial charge in [0, 0.05) is 23.7 Å². The molecule has 1 fully saturated rings. The third kappa shape index (κ3) is 1.75. The van der Waals surface area contributed by atoms with Gasteiger partial charge in [-0.3, -0.25) is 0 Å². The molecule has 0 unspecified atom stereocenters. The lowest BCUT2D eigenvalue weighted by Crippen LogP contribution is -2.24. The summed E-state index contributed by atoms with van der Waals surface area (Å²) >= 11 is 1.31. The summed E-state index contributed by atoms with van der Waals surface area (Å²) in [7, 11) is 0. The molecule has 0 saturated heterocycles. The molecule has 0 radical (unpaired) electrons. The van der Waals surface area contributed by atoms with E-state index in [4.69, 9.17) is 5.11 Å². The van der Waals surface area contributed by atoms with Crippen LogP contribution in [0, 0.1) is 0 Å². The van der Waals surface area contributed by atoms with E-state index in [2.05, 4.69) is 11.8 Å². The van der Waals surface area contributed by atoms with Crippen molar-refractivity contribution in [3.05, 3.63) is 16.3 Å². The van der Waals surface area contributed by atoms with E-state index in [0.717, 1.165) is 12.2 Å². The number of anilines is 1. The number of carbonyl (C=O) groups is 1. The molecule has 1 saturated carbocycles. The summed E-state index contributed by atoms with van der Waals surface area (Å²) in [6.07, 6.45) is 2.48. The number of carboxylic acids is 1. The average Bonchev–Trinajstić information content (AvgIpc) is 2.84. The van der Waals surface area contributed by atoms with Gasteiger partial charge in [0.1, 0.15) is 4.88 Å². The number of hydrogen-bond donors (Lipinski definition) is 1. The number of nitrogens with zero attached hydrogens (tertiary/aromatic N) is 1. The lowest BCUT2D eigenvalue weighted by atomic mass is 10.3. The van der Waals surface area contributed by atoms with Crippen molar-refractivity contribution in [2.24, 2.45) is 0 Å². The lowest BCUT2D eigenvalue weighted by molar-refractivity contribution is 0.0702. The first-order chi connectivity index (χ1) is 6.72. The minimum absolute atomic E-state index is 0.430. The molecule has 1 aromatic rings. The molecule has 0 amide bonds. The van der Waals surface area contributed by atoms with Crippen molar-refractivity contribution in [1.29, 1.82) is 0 Å². The van der Waals surface area contributed by atoms with Crippen molar-refractivity contribution in [3.8, 4) is 0 Å². The van der Waals surface area contributed by atoms with Gasteiger partial charge >= 0.3 is 5.97 Å². The van der Waals surface area contributed by atoms with Crippen LogP contribution in [0.3, 0.4) is 0 Å². The predicted molar refractivity (Wildman–Crippen MR) is 57.3 cm³/mol. The first kappa shape index (κ1) is 9.52. The Hall–Kier alpha value is -1.03. The van der Waals surface area contributed by atoms with Crippen LogP contribution < -0.4 is 4.90 Å². The Bertz CT molecular complexity index is 344. The maximum Gasteiger partial charge on any atom is 0.345 e. The molecular weight excluding hydrogens is 198 g/mol. The summed E-state index contributed by atoms with van der Waals surface area (Å²) in [6.45, 7) is 3.07. The number of hydrogen-bond acceptors (Lipinski definition) is 3. The van der Waals surface area contributed by atoms with Gasteiger partial charge in [-0.2, -0.15) is 0 Å². The van der Waals surface area contributed by atoms with Crippen molar-refractivity contribution in [1.82, 2.24) is 0 Å². The van der Waals surface area contributed by atoms with Crippen molar-refractivity contribution >= 4 is 23.0 Å². The first-order valence-corrected chi connectivity index (χ1v) is 5.68. The predicted octanol–water partition coefficient (Wildman–Crippen LogP) is 2.44. The molecule has 1 aliphatic rings. The monoisotopic (exact) mass is 211 g/mol. The minimum atomic E-state index is -0.826. The molecule has 76 valence electrons. The summed E-state index contributed by atoms with van der Waals surface area (Å²) in [6, 6.07) is 2.42. The van der Waals surface area contributed by atoms with Gasteiger partial charge in [0.2, 0.25) is 0 Å². The molecule has 0 bridgehead atoms. The molecule has 1 aromatic heterocycles. The third-order valence-electron chi connectivity index (χ3n) is 2.46. The summed E-state index contributed by atoms with van der Waals surface area (Å²) in [5.41, 5.74) is 1.07. The fraction of sp³-hybridized carbons (Fsp3) is 0.500. The SMILES string of the molecule is CCN(c1csc(C(=O)O)c1)C1CC1. The number of carboxylic acid groups (broad SMARTS) is 1. The topological polar surface area (TPSA) is 40.5 Å². The van der Waals surface area contributed by atoms with Gasteiger partial charge in [0.15, 0.2) is 0 Å². The van der Waals surface area contributed by atoms with Crippen LogP contribution in [-0.2, 0) is 0 Å². The Kier molecular flexibility index (Phi) is 2.46. The maximum absolute atomic E-state index is 10.7. The van der Waals surface area contributed by atoms with Crippen molar-refractivity contribution in [3.63, 3.8) is 0 Å². The molecular formula is C10H13NO2S. The van der Waals surface area contributed by atoms with Gasteiger partial charge in [-0.05, 0) is 25.8 Å². The van der Waals surface area contributed by atoms with Gasteiger partial charge in [-0.15, -0.1) is 11.3 Å². The second-order valence-corrected chi connectivity index (χ2v) is 4.40. The third-order valence-corrected chi connectivity index (χ3v) is 3.36. The van der Waals surface area contributed by atoms with Crippen LogP contribution in [0.2, 0.25) is 0 Å². The Labute approximate surface area is 87.0 Å². The highest BCUT2D eigenvalue weighted by atomic mass is 32.1. The standard InChI is InChI=1S/C10H13NO2S/c1-2-11(7-3-4-7)8-5-9(10(12)13)14-6-8/h5-7H,2-4H2,1H3,(H,12,13). The fourth-order valence-corrected chi connectivity index (χ4v) is 2.37. The molecule has 4 heteroatoms. The van der Waals surface area contributed by atoms with E-state index in [0.29, 0.717) is 10.9 Å². The van der Waals surface area contributed by atoms with Crippen LogP contribution in [0.15, 0.2) is 11.4 Å². The van der Waals surface area contributed by atoms with E-state index in [1.165, 1.54) is 24.2 Å². The molecule has 3 nitrogen and oxygen atoms in total. The van der Waals surface area contributed by atoms with E-state index in [-0.39, 0.29) is 0 Å². The largest absolute Gasteiger partial charge is 0.477 e. The Balaban J connectivity index is 2.17. The Morgan fingerprint density at radius 1 is 1.71 bits per heavy atom. The zero-order valence-corrected chi connectivity index (χ0v) is 8.88. The molecule has 14 heavy (non-hydrogen) atoms. The molecule has 0 aliphatic heterocycles. The number of rotatable bonds is 4. The average molecular weight is 211 g/mol. The molecule has 0 aromatic carbocycles. The summed E-state index contributed by atoms with van der Waals surface area (Å²) in [5, 5.41) is 10.7. The highest BCUT2D eigenvalue weighted by Gasteiger charge is 2.28. The maximum atomic E-state index is 10.7. The second kappa shape index (κ2) is 3.61. The molecule has 0 atom stereocenters. The van der Waals surface area contributed by atoms with Crippen molar-refractivity contribution < 1.29 is 9.90 Å². The minimum Gasteiger partial charge on any atom is -0.477 e. The smallest absolute Gasteiger partial charge is 0.345 e. The highest BCUT2D eigenvalue weighted by Crippen LogP contribution is 2.33. The van der Waals surface area contributed by atoms with E-state index >= 15 is 0 Å². The van der Waals surface area contributed by atoms with Crippen LogP contribution in [0.4, 0.5) is 5.69 Å². The molecule has 1 N–H and O–H groups in total. The number of thiophene rings is 1. The normalized spacial score (nSPS) is 15.5. The number of aromatic carboxylic acids is 1. The van der Waals surface area contributed by atoms with Crippen LogP contribution in [0.5, 0.6) is 0 Å². The lowest BCUT2D eigenvalue weighted by Gasteiger charge is -2.20. The van der Waals surface area contributed by atoms with E-state index in [9.17, 15) is 4.79 Å². The summed E-state index contributed by atoms with van der Waals surface area (Å²) in [5.74, 6) is -0.826. The van der Waals surface area contributed by atoms with Gasteiger partial charge in [-0.25, -0.2) is 4.79 Å². The van der Waals surface area contributed by atoms with Gasteiger partial charge in [0.05, 0.1) is 0 Å². The van der Waals surface area contributed by atoms with Gasteiger partial charge in [0.25, 0.3) is 0 Å². The Morgan fingerprint density at radius 2 is 2.43 bits per heavy atom. The fourth-order valence-electron chi connectivity index (χ4n) is 1.63. The molecule has 0 spiro atoms. The quantitative estimate of drug-likeness (QED) is 0.831. The Morgan fingerprint density at radius 3 is 2.86 bits per heavy atom. The van der Waals surface area contributed by atoms with Crippen molar-refractivity contribution in [2.75, 3.05) is 11.4 Å². The van der Waals surface area contributed by atoms with Crippen LogP contribution in [0.25, 0.3) is 0 Å². The first-order valence-electron chi connectivity index (χ1n) is 4.81. The van der Waals surface area contributed by atoms with Crippen LogP contribution in [0.1, 0.15) is 29.4 Å². The van der Waals surface area contributed by atoms with E-state index in [1.54, 1.807) is 6.07 Å². The van der Waals surface area contributed by atoms with E-state index in [1.807, 2.05) is 5.38 Å². The molecule has 1 aliphatic carbocycles. The zero-order chi connectivity index (χ0) is 10.1. The van der Waals surface area contributed by atoms with Gasteiger partial charge in [-0.1, -0.05) is 0 Å². The summed E-state index contributed by atoms with van der Waals surface area (Å²) in [4.78, 5) is 13.4. The molecule has 2 rings (SSSR count). The van der Waals surface area contributed by atoms with Crippen LogP contribution >= 0.6 is 11.3 Å². The zero-order valence-electron chi connectivity index (χ0n) is 8.06. The highest BCUT2D eigenvalue weighted by molar-refractivity contribution is 7.12. The van der Waals surface area contributed by atoms with E-state index < -0.39 is 5.97 Å². The van der Waals surface area contributed by atoms with Crippen LogP contribution in [-0.4, -0.2) is 23.7 Å². The second-order valence-electron chi connectivity index (χ2n) is 3.49. The molecule has 1 heterocycles. The van der Waals surface area contributed by atoms with Crippen molar-refractivity contribution in [2.45, 2.75) is 25.8 Å². The van der Waals surface area contributed by atoms with Gasteiger partial charge < -0.3 is 10.0 Å².